The van der Waals surface area contributed by atoms with Gasteiger partial charge in [-0.3, -0.25) is 9.59 Å². The molecule has 9 nitrogen and oxygen atoms in total. The van der Waals surface area contributed by atoms with Crippen molar-refractivity contribution in [3.05, 3.63) is 41.0 Å². The average molecular weight is 474 g/mol. The van der Waals surface area contributed by atoms with Gasteiger partial charge in [-0.15, -0.1) is 0 Å². The minimum absolute atomic E-state index is 0.117. The van der Waals surface area contributed by atoms with Crippen LogP contribution in [0.3, 0.4) is 0 Å². The van der Waals surface area contributed by atoms with E-state index in [-0.39, 0.29) is 18.9 Å². The molecule has 9 heteroatoms. The van der Waals surface area contributed by atoms with Crippen molar-refractivity contribution in [2.75, 3.05) is 48.7 Å². The summed E-state index contributed by atoms with van der Waals surface area (Å²) >= 11 is 0. The summed E-state index contributed by atoms with van der Waals surface area (Å²) in [4.78, 5) is 26.6. The van der Waals surface area contributed by atoms with Gasteiger partial charge in [-0.05, 0) is 53.8 Å². The monoisotopic (exact) mass is 473 g/mol. The highest BCUT2D eigenvalue weighted by Crippen LogP contribution is 2.38. The van der Waals surface area contributed by atoms with Gasteiger partial charge >= 0.3 is 5.97 Å². The molecule has 0 atom stereocenters. The van der Waals surface area contributed by atoms with E-state index in [2.05, 4.69) is 0 Å². The molecule has 0 N–H and O–H groups in total. The summed E-state index contributed by atoms with van der Waals surface area (Å²) in [7, 11) is 7.77. The van der Waals surface area contributed by atoms with E-state index in [4.69, 9.17) is 28.4 Å². The van der Waals surface area contributed by atoms with Crippen molar-refractivity contribution in [3.63, 3.8) is 0 Å². The molecule has 0 saturated carbocycles. The Morgan fingerprint density at radius 1 is 0.794 bits per heavy atom. The first-order valence-electron chi connectivity index (χ1n) is 10.9. The summed E-state index contributed by atoms with van der Waals surface area (Å²) in [6.07, 6.45) is 1.21. The molecule has 0 unspecified atom stereocenters. The second-order valence-corrected chi connectivity index (χ2v) is 7.74. The van der Waals surface area contributed by atoms with Gasteiger partial charge < -0.3 is 33.3 Å². The Morgan fingerprint density at radius 2 is 1.38 bits per heavy atom. The number of amides is 1. The third kappa shape index (κ3) is 5.65. The minimum Gasteiger partial charge on any atom is -0.493 e. The summed E-state index contributed by atoms with van der Waals surface area (Å²) in [5, 5.41) is 0. The van der Waals surface area contributed by atoms with E-state index in [1.807, 2.05) is 12.1 Å². The quantitative estimate of drug-likeness (QED) is 0.487. The van der Waals surface area contributed by atoms with Crippen molar-refractivity contribution in [1.82, 2.24) is 4.90 Å². The molecule has 0 aromatic heterocycles. The highest BCUT2D eigenvalue weighted by Gasteiger charge is 2.24. The molecule has 0 spiro atoms. The van der Waals surface area contributed by atoms with Gasteiger partial charge in [-0.2, -0.15) is 0 Å². The second kappa shape index (κ2) is 11.5. The molecule has 0 saturated heterocycles. The molecule has 2 aromatic rings. The summed E-state index contributed by atoms with van der Waals surface area (Å²) in [5.41, 5.74) is 2.94. The Labute approximate surface area is 199 Å². The lowest BCUT2D eigenvalue weighted by Gasteiger charge is -2.29. The van der Waals surface area contributed by atoms with Crippen LogP contribution in [0.25, 0.3) is 0 Å². The van der Waals surface area contributed by atoms with Crippen LogP contribution in [0.5, 0.6) is 28.7 Å². The van der Waals surface area contributed by atoms with Crippen molar-refractivity contribution in [3.8, 4) is 28.7 Å². The number of esters is 1. The van der Waals surface area contributed by atoms with E-state index in [0.29, 0.717) is 54.7 Å². The summed E-state index contributed by atoms with van der Waals surface area (Å²) in [6, 6.07) is 7.40. The minimum atomic E-state index is -0.453. The van der Waals surface area contributed by atoms with E-state index in [1.54, 1.807) is 31.3 Å². The fourth-order valence-corrected chi connectivity index (χ4v) is 3.93. The Morgan fingerprint density at radius 3 is 1.94 bits per heavy atom. The molecule has 1 aliphatic rings. The molecular weight excluding hydrogens is 442 g/mol. The number of ether oxygens (including phenoxy) is 6. The first kappa shape index (κ1) is 25.0. The van der Waals surface area contributed by atoms with Gasteiger partial charge in [0.15, 0.2) is 29.6 Å². The Hall–Kier alpha value is -3.62. The normalized spacial score (nSPS) is 12.4. The first-order chi connectivity index (χ1) is 16.4. The summed E-state index contributed by atoms with van der Waals surface area (Å²) in [5.74, 6) is 2.12. The Kier molecular flexibility index (Phi) is 8.45. The first-order valence-corrected chi connectivity index (χ1v) is 10.9. The molecule has 0 fully saturated rings. The van der Waals surface area contributed by atoms with Gasteiger partial charge in [0, 0.05) is 19.5 Å². The van der Waals surface area contributed by atoms with Crippen LogP contribution in [0.4, 0.5) is 0 Å². The lowest BCUT2D eigenvalue weighted by Crippen LogP contribution is -2.38. The molecule has 184 valence electrons. The van der Waals surface area contributed by atoms with Crippen molar-refractivity contribution < 1.29 is 38.0 Å². The predicted octanol–water partition coefficient (Wildman–Crippen LogP) is 2.79. The van der Waals surface area contributed by atoms with Crippen molar-refractivity contribution in [1.29, 1.82) is 0 Å². The maximum absolute atomic E-state index is 12.6. The number of hydrogen-bond donors (Lipinski definition) is 0. The topological polar surface area (TPSA) is 92.8 Å². The number of fused-ring (bicyclic) bond motifs is 1. The molecule has 0 aliphatic carbocycles. The number of methoxy groups -OCH3 is 5. The van der Waals surface area contributed by atoms with Gasteiger partial charge in [0.25, 0.3) is 5.91 Å². The number of carbonyl (C=O) groups excluding carboxylic acids is 2. The molecule has 0 bridgehead atoms. The van der Waals surface area contributed by atoms with Gasteiger partial charge in [-0.25, -0.2) is 0 Å². The molecule has 0 radical (unpaired) electrons. The predicted molar refractivity (Wildman–Crippen MR) is 124 cm³/mol. The summed E-state index contributed by atoms with van der Waals surface area (Å²) < 4.78 is 31.9. The molecule has 1 heterocycles. The fourth-order valence-electron chi connectivity index (χ4n) is 3.93. The largest absolute Gasteiger partial charge is 0.493 e. The van der Waals surface area contributed by atoms with Gasteiger partial charge in [0.1, 0.15) is 0 Å². The Balaban J connectivity index is 1.53. The summed E-state index contributed by atoms with van der Waals surface area (Å²) in [6.45, 7) is 0.679. The number of carbonyl (C=O) groups is 2. The van der Waals surface area contributed by atoms with Crippen molar-refractivity contribution in [2.45, 2.75) is 25.8 Å². The SMILES string of the molecule is COc1cc2c(cc1OC)CN(C(=O)COC(=O)CCc1cc(OC)c(OC)c(OC)c1)CC2. The number of hydrogen-bond acceptors (Lipinski definition) is 8. The number of benzene rings is 2. The van der Waals surface area contributed by atoms with Gasteiger partial charge in [0.05, 0.1) is 35.5 Å². The Bertz CT molecular complexity index is 1010. The van der Waals surface area contributed by atoms with Crippen molar-refractivity contribution >= 4 is 11.9 Å². The van der Waals surface area contributed by atoms with E-state index >= 15 is 0 Å². The second-order valence-electron chi connectivity index (χ2n) is 7.74. The van der Waals surface area contributed by atoms with Crippen LogP contribution in [0.15, 0.2) is 24.3 Å². The van der Waals surface area contributed by atoms with E-state index in [9.17, 15) is 9.59 Å². The van der Waals surface area contributed by atoms with Crippen LogP contribution in [0.1, 0.15) is 23.1 Å². The number of nitrogens with zero attached hydrogens (tertiary/aromatic N) is 1. The standard InChI is InChI=1S/C25H31NO8/c1-29-19-12-17-8-9-26(14-18(17)13-20(19)30-2)23(27)15-34-24(28)7-6-16-10-21(31-3)25(33-5)22(11-16)32-4/h10-13H,6-9,14-15H2,1-5H3. The zero-order valence-electron chi connectivity index (χ0n) is 20.3. The highest BCUT2D eigenvalue weighted by molar-refractivity contribution is 5.81. The molecule has 1 aliphatic heterocycles. The van der Waals surface area contributed by atoms with E-state index in [1.165, 1.54) is 21.3 Å². The molecule has 34 heavy (non-hydrogen) atoms. The molecule has 2 aromatic carbocycles. The smallest absolute Gasteiger partial charge is 0.306 e. The van der Waals surface area contributed by atoms with Crippen LogP contribution in [-0.2, 0) is 33.7 Å². The maximum atomic E-state index is 12.6. The third-order valence-corrected chi connectivity index (χ3v) is 5.77. The third-order valence-electron chi connectivity index (χ3n) is 5.77. The van der Waals surface area contributed by atoms with Crippen LogP contribution >= 0.6 is 0 Å². The van der Waals surface area contributed by atoms with E-state index in [0.717, 1.165) is 16.7 Å². The maximum Gasteiger partial charge on any atom is 0.306 e. The lowest BCUT2D eigenvalue weighted by atomic mass is 9.99. The van der Waals surface area contributed by atoms with Gasteiger partial charge in [-0.1, -0.05) is 0 Å². The highest BCUT2D eigenvalue weighted by atomic mass is 16.5. The lowest BCUT2D eigenvalue weighted by molar-refractivity contribution is -0.152. The zero-order chi connectivity index (χ0) is 24.7. The molecular formula is C25H31NO8. The van der Waals surface area contributed by atoms with Crippen LogP contribution in [0.2, 0.25) is 0 Å². The van der Waals surface area contributed by atoms with Crippen molar-refractivity contribution in [2.24, 2.45) is 0 Å². The fraction of sp³-hybridized carbons (Fsp3) is 0.440. The van der Waals surface area contributed by atoms with Gasteiger partial charge in [0.2, 0.25) is 5.75 Å². The van der Waals surface area contributed by atoms with E-state index < -0.39 is 5.97 Å². The zero-order valence-corrected chi connectivity index (χ0v) is 20.3. The number of aryl methyl sites for hydroxylation is 1. The number of rotatable bonds is 10. The molecule has 3 rings (SSSR count). The molecule has 1 amide bonds. The van der Waals surface area contributed by atoms with Crippen LogP contribution in [-0.4, -0.2) is 65.5 Å². The average Bonchev–Trinajstić information content (AvgIpc) is 2.88. The van der Waals surface area contributed by atoms with Crippen LogP contribution < -0.4 is 23.7 Å². The van der Waals surface area contributed by atoms with Crippen LogP contribution in [0, 0.1) is 0 Å².